The predicted octanol–water partition coefficient (Wildman–Crippen LogP) is 3.13. The third kappa shape index (κ3) is 3.59. The molecule has 3 atom stereocenters. The maximum absolute atomic E-state index is 15.0. The number of pyridine rings is 1. The first-order valence-corrected chi connectivity index (χ1v) is 10.9. The van der Waals surface area contributed by atoms with Crippen LogP contribution in [0.4, 0.5) is 14.9 Å². The first kappa shape index (κ1) is 20.8. The highest BCUT2D eigenvalue weighted by atomic mass is 19.1. The minimum atomic E-state index is -1.31. The van der Waals surface area contributed by atoms with E-state index < -0.39 is 28.9 Å². The van der Waals surface area contributed by atoms with E-state index in [-0.39, 0.29) is 34.9 Å². The van der Waals surface area contributed by atoms with Crippen molar-refractivity contribution >= 4 is 28.7 Å². The van der Waals surface area contributed by atoms with Crippen LogP contribution in [0.3, 0.4) is 0 Å². The highest BCUT2D eigenvalue weighted by molar-refractivity contribution is 5.93. The summed E-state index contributed by atoms with van der Waals surface area (Å²) in [6, 6.07) is 2.98. The Morgan fingerprint density at radius 2 is 1.84 bits per heavy atom. The van der Waals surface area contributed by atoms with Crippen molar-refractivity contribution in [1.29, 1.82) is 0 Å². The van der Waals surface area contributed by atoms with Crippen molar-refractivity contribution in [2.75, 3.05) is 18.0 Å². The summed E-state index contributed by atoms with van der Waals surface area (Å²) in [5.74, 6) is -1.41. The number of nitrogens with zero attached hydrogens (tertiary/aromatic N) is 2. The second kappa shape index (κ2) is 6.95. The number of carbonyl (C=O) groups excluding carboxylic acids is 1. The highest BCUT2D eigenvalue weighted by Crippen LogP contribution is 2.48. The van der Waals surface area contributed by atoms with E-state index in [4.69, 9.17) is 4.74 Å². The summed E-state index contributed by atoms with van der Waals surface area (Å²) in [6.45, 7) is 6.62. The molecule has 1 saturated heterocycles. The van der Waals surface area contributed by atoms with E-state index in [9.17, 15) is 19.5 Å². The Kier molecular flexibility index (Phi) is 4.51. The van der Waals surface area contributed by atoms with Crippen LogP contribution in [0.1, 0.15) is 50.0 Å². The first-order chi connectivity index (χ1) is 15.0. The van der Waals surface area contributed by atoms with E-state index in [0.717, 1.165) is 12.8 Å². The summed E-state index contributed by atoms with van der Waals surface area (Å²) in [5, 5.41) is 12.4. The van der Waals surface area contributed by atoms with Crippen LogP contribution >= 0.6 is 0 Å². The van der Waals surface area contributed by atoms with Gasteiger partial charge < -0.3 is 24.6 Å². The van der Waals surface area contributed by atoms with Gasteiger partial charge in [0.1, 0.15) is 17.0 Å². The molecule has 2 N–H and O–H groups in total. The number of halogens is 1. The molecule has 8 nitrogen and oxygen atoms in total. The summed E-state index contributed by atoms with van der Waals surface area (Å²) in [7, 11) is 0. The number of alkyl carbamates (subject to hydrolysis) is 1. The van der Waals surface area contributed by atoms with Gasteiger partial charge in [-0.1, -0.05) is 0 Å². The number of aromatic carboxylic acids is 1. The number of benzene rings is 1. The number of nitrogens with one attached hydrogen (secondary N) is 1. The number of carboxylic acid groups (broad SMARTS) is 1. The summed E-state index contributed by atoms with van der Waals surface area (Å²) in [5.41, 5.74) is -0.608. The van der Waals surface area contributed by atoms with E-state index in [1.54, 1.807) is 10.6 Å². The number of amides is 1. The molecule has 2 heterocycles. The van der Waals surface area contributed by atoms with Crippen molar-refractivity contribution in [3.8, 4) is 0 Å². The Morgan fingerprint density at radius 3 is 2.41 bits per heavy atom. The van der Waals surface area contributed by atoms with Crippen molar-refractivity contribution in [3.63, 3.8) is 0 Å². The van der Waals surface area contributed by atoms with Gasteiger partial charge in [-0.15, -0.1) is 0 Å². The third-order valence-corrected chi connectivity index (χ3v) is 6.49. The fraction of sp³-hybridized carbons (Fsp3) is 0.522. The molecule has 3 fully saturated rings. The van der Waals surface area contributed by atoms with Crippen molar-refractivity contribution in [3.05, 3.63) is 39.9 Å². The number of fused-ring (bicyclic) bond motifs is 2. The van der Waals surface area contributed by atoms with Crippen LogP contribution in [0.5, 0.6) is 0 Å². The molecular formula is C23H26FN3O5. The molecule has 1 aromatic heterocycles. The van der Waals surface area contributed by atoms with Crippen LogP contribution in [0.15, 0.2) is 23.1 Å². The van der Waals surface area contributed by atoms with Gasteiger partial charge in [0.2, 0.25) is 5.43 Å². The van der Waals surface area contributed by atoms with Gasteiger partial charge in [-0.05, 0) is 45.7 Å². The molecule has 1 aromatic carbocycles. The Morgan fingerprint density at radius 1 is 1.19 bits per heavy atom. The zero-order valence-corrected chi connectivity index (χ0v) is 18.2. The molecule has 2 aromatic rings. The lowest BCUT2D eigenvalue weighted by Gasteiger charge is -2.25. The molecule has 0 bridgehead atoms. The fourth-order valence-electron chi connectivity index (χ4n) is 4.79. The molecule has 2 saturated carbocycles. The van der Waals surface area contributed by atoms with Gasteiger partial charge >= 0.3 is 12.1 Å². The van der Waals surface area contributed by atoms with Gasteiger partial charge in [-0.25, -0.2) is 14.0 Å². The van der Waals surface area contributed by atoms with Gasteiger partial charge in [-0.3, -0.25) is 4.79 Å². The quantitative estimate of drug-likeness (QED) is 0.753. The summed E-state index contributed by atoms with van der Waals surface area (Å²) in [4.78, 5) is 38.1. The number of ether oxygens (including phenoxy) is 1. The summed E-state index contributed by atoms with van der Waals surface area (Å²) >= 11 is 0. The van der Waals surface area contributed by atoms with Crippen molar-refractivity contribution in [2.24, 2.45) is 11.8 Å². The molecule has 1 amide bonds. The van der Waals surface area contributed by atoms with E-state index in [2.05, 4.69) is 5.32 Å². The van der Waals surface area contributed by atoms with E-state index in [1.165, 1.54) is 12.3 Å². The monoisotopic (exact) mass is 443 g/mol. The number of anilines is 1. The molecule has 3 aliphatic rings. The fourth-order valence-corrected chi connectivity index (χ4v) is 4.79. The lowest BCUT2D eigenvalue weighted by atomic mass is 10.1. The summed E-state index contributed by atoms with van der Waals surface area (Å²) < 4.78 is 22.2. The maximum Gasteiger partial charge on any atom is 0.407 e. The number of piperidine rings is 1. The standard InChI is InChI=1S/C23H26FN3O5/c1-23(2,3)32-22(31)25-19-13-8-26(9-14(13)19)18-7-17-12(6-16(18)24)20(28)15(21(29)30)10-27(17)11-4-5-11/h6-7,10-11,13-14,19H,4-5,8-9H2,1-3H3,(H,25,31)(H,29,30)/t13-,14+,19?. The number of hydrogen-bond donors (Lipinski definition) is 2. The predicted molar refractivity (Wildman–Crippen MR) is 116 cm³/mol. The molecule has 170 valence electrons. The number of carbonyl (C=O) groups is 2. The van der Waals surface area contributed by atoms with Crippen LogP contribution in [0, 0.1) is 17.7 Å². The lowest BCUT2D eigenvalue weighted by molar-refractivity contribution is 0.0517. The second-order valence-corrected chi connectivity index (χ2v) is 10.0. The lowest BCUT2D eigenvalue weighted by Crippen LogP contribution is -2.38. The molecule has 9 heteroatoms. The van der Waals surface area contributed by atoms with Crippen LogP contribution in [-0.2, 0) is 4.74 Å². The number of hydrogen-bond acceptors (Lipinski definition) is 5. The normalized spacial score (nSPS) is 24.4. The zero-order valence-electron chi connectivity index (χ0n) is 18.2. The molecule has 5 rings (SSSR count). The zero-order chi connectivity index (χ0) is 22.9. The smallest absolute Gasteiger partial charge is 0.407 e. The van der Waals surface area contributed by atoms with E-state index >= 15 is 4.39 Å². The van der Waals surface area contributed by atoms with Gasteiger partial charge in [0, 0.05) is 48.6 Å². The van der Waals surface area contributed by atoms with E-state index in [1.807, 2.05) is 25.7 Å². The number of rotatable bonds is 4. The summed E-state index contributed by atoms with van der Waals surface area (Å²) in [6.07, 6.45) is 2.74. The third-order valence-electron chi connectivity index (χ3n) is 6.49. The number of carboxylic acids is 1. The highest BCUT2D eigenvalue weighted by Gasteiger charge is 2.57. The minimum Gasteiger partial charge on any atom is -0.477 e. The van der Waals surface area contributed by atoms with E-state index in [0.29, 0.717) is 24.3 Å². The Labute approximate surface area is 184 Å². The maximum atomic E-state index is 15.0. The largest absolute Gasteiger partial charge is 0.477 e. The Balaban J connectivity index is 1.39. The molecule has 2 aliphatic carbocycles. The molecule has 1 unspecified atom stereocenters. The second-order valence-electron chi connectivity index (χ2n) is 10.0. The van der Waals surface area contributed by atoms with Crippen LogP contribution in [-0.4, -0.2) is 46.5 Å². The van der Waals surface area contributed by atoms with Crippen molar-refractivity contribution in [2.45, 2.75) is 51.3 Å². The van der Waals surface area contributed by atoms with Gasteiger partial charge in [0.05, 0.1) is 11.2 Å². The SMILES string of the molecule is CC(C)(C)OC(=O)NC1[C@H]2CN(c3cc4c(cc3F)c(=O)c(C(=O)O)cn4C3CC3)C[C@@H]12. The van der Waals surface area contributed by atoms with Crippen LogP contribution in [0.25, 0.3) is 10.9 Å². The Bertz CT molecular complexity index is 1180. The van der Waals surface area contributed by atoms with Gasteiger partial charge in [0.15, 0.2) is 0 Å². The topological polar surface area (TPSA) is 101 Å². The molecule has 0 radical (unpaired) electrons. The first-order valence-electron chi connectivity index (χ1n) is 10.9. The van der Waals surface area contributed by atoms with Crippen LogP contribution in [0.2, 0.25) is 0 Å². The molecule has 32 heavy (non-hydrogen) atoms. The van der Waals surface area contributed by atoms with Gasteiger partial charge in [0.25, 0.3) is 0 Å². The minimum absolute atomic E-state index is 0.0207. The van der Waals surface area contributed by atoms with Crippen molar-refractivity contribution in [1.82, 2.24) is 9.88 Å². The average Bonchev–Trinajstić information content (AvgIpc) is 3.58. The molecular weight excluding hydrogens is 417 g/mol. The number of aromatic nitrogens is 1. The van der Waals surface area contributed by atoms with Crippen LogP contribution < -0.4 is 15.6 Å². The molecule has 1 aliphatic heterocycles. The average molecular weight is 443 g/mol. The van der Waals surface area contributed by atoms with Gasteiger partial charge in [-0.2, -0.15) is 0 Å². The Hall–Kier alpha value is -3.10. The van der Waals surface area contributed by atoms with Crippen molar-refractivity contribution < 1.29 is 23.8 Å². The molecule has 0 spiro atoms.